The molecule has 94 valence electrons. The van der Waals surface area contributed by atoms with Crippen molar-refractivity contribution in [2.45, 2.75) is 18.9 Å². The maximum Gasteiger partial charge on any atom is 0.142 e. The number of hydrogen-bond donors (Lipinski definition) is 1. The molecule has 0 amide bonds. The molecule has 0 aliphatic heterocycles. The molecule has 3 heteroatoms. The summed E-state index contributed by atoms with van der Waals surface area (Å²) in [4.78, 5) is 0. The van der Waals surface area contributed by atoms with Crippen LogP contribution < -0.4 is 5.73 Å². The van der Waals surface area contributed by atoms with Gasteiger partial charge < -0.3 is 5.73 Å². The maximum absolute atomic E-state index is 13.3. The summed E-state index contributed by atoms with van der Waals surface area (Å²) in [6, 6.07) is 14.7. The highest BCUT2D eigenvalue weighted by molar-refractivity contribution is 6.30. The van der Waals surface area contributed by atoms with Crippen LogP contribution in [0.25, 0.3) is 0 Å². The molecule has 0 radical (unpaired) electrons. The molecule has 0 aliphatic carbocycles. The molecule has 1 unspecified atom stereocenters. The minimum absolute atomic E-state index is 0.133. The molecule has 1 nitrogen and oxygen atoms in total. The van der Waals surface area contributed by atoms with E-state index in [4.69, 9.17) is 17.3 Å². The molecule has 2 N–H and O–H groups in total. The van der Waals surface area contributed by atoms with E-state index >= 15 is 0 Å². The third kappa shape index (κ3) is 3.31. The van der Waals surface area contributed by atoms with Crippen molar-refractivity contribution in [3.63, 3.8) is 0 Å². The standard InChI is InChI=1S/C15H15ClFN/c16-13-8-7-12(10-14(13)17)15(18)9-6-11-4-2-1-3-5-11/h1-5,7-8,10,15H,6,9,18H2. The molecule has 0 aromatic heterocycles. The maximum atomic E-state index is 13.3. The highest BCUT2D eigenvalue weighted by Crippen LogP contribution is 2.21. The molecule has 0 spiro atoms. The van der Waals surface area contributed by atoms with Gasteiger partial charge in [0.1, 0.15) is 5.82 Å². The average molecular weight is 264 g/mol. The molecule has 0 heterocycles. The summed E-state index contributed by atoms with van der Waals surface area (Å²) < 4.78 is 13.3. The second-order valence-electron chi connectivity index (χ2n) is 4.30. The van der Waals surface area contributed by atoms with Gasteiger partial charge in [0, 0.05) is 6.04 Å². The number of hydrogen-bond acceptors (Lipinski definition) is 1. The van der Waals surface area contributed by atoms with Gasteiger partial charge in [0.25, 0.3) is 0 Å². The third-order valence-electron chi connectivity index (χ3n) is 2.96. The van der Waals surface area contributed by atoms with Crippen molar-refractivity contribution in [1.29, 1.82) is 0 Å². The van der Waals surface area contributed by atoms with Crippen molar-refractivity contribution in [2.24, 2.45) is 5.73 Å². The SMILES string of the molecule is NC(CCc1ccccc1)c1ccc(Cl)c(F)c1. The fourth-order valence-corrected chi connectivity index (χ4v) is 1.99. The molecule has 2 rings (SSSR count). The fraction of sp³-hybridized carbons (Fsp3) is 0.200. The fourth-order valence-electron chi connectivity index (χ4n) is 1.88. The average Bonchev–Trinajstić information content (AvgIpc) is 2.40. The van der Waals surface area contributed by atoms with E-state index in [2.05, 4.69) is 12.1 Å². The van der Waals surface area contributed by atoms with E-state index in [0.717, 1.165) is 18.4 Å². The molecule has 1 atom stereocenters. The first-order valence-corrected chi connectivity index (χ1v) is 6.29. The van der Waals surface area contributed by atoms with Crippen LogP contribution in [0, 0.1) is 5.82 Å². The molecule has 2 aromatic rings. The highest BCUT2D eigenvalue weighted by Gasteiger charge is 2.09. The Kier molecular flexibility index (Phi) is 4.34. The van der Waals surface area contributed by atoms with Gasteiger partial charge in [0.05, 0.1) is 5.02 Å². The molecular formula is C15H15ClFN. The zero-order valence-corrected chi connectivity index (χ0v) is 10.7. The van der Waals surface area contributed by atoms with E-state index in [-0.39, 0.29) is 11.1 Å². The topological polar surface area (TPSA) is 26.0 Å². The van der Waals surface area contributed by atoms with Gasteiger partial charge in [0.2, 0.25) is 0 Å². The summed E-state index contributed by atoms with van der Waals surface area (Å²) in [5.74, 6) is -0.413. The summed E-state index contributed by atoms with van der Waals surface area (Å²) in [5.41, 5.74) is 8.08. The first-order valence-electron chi connectivity index (χ1n) is 5.91. The van der Waals surface area contributed by atoms with Gasteiger partial charge in [-0.2, -0.15) is 0 Å². The van der Waals surface area contributed by atoms with Crippen molar-refractivity contribution in [2.75, 3.05) is 0 Å². The van der Waals surface area contributed by atoms with E-state index in [1.807, 2.05) is 18.2 Å². The Bertz CT molecular complexity index is 513. The lowest BCUT2D eigenvalue weighted by Crippen LogP contribution is -2.11. The molecule has 0 saturated carbocycles. The van der Waals surface area contributed by atoms with E-state index in [1.165, 1.54) is 11.6 Å². The van der Waals surface area contributed by atoms with Gasteiger partial charge in [-0.25, -0.2) is 4.39 Å². The Morgan fingerprint density at radius 3 is 2.50 bits per heavy atom. The molecule has 0 aliphatic rings. The van der Waals surface area contributed by atoms with Crippen molar-refractivity contribution in [3.8, 4) is 0 Å². The van der Waals surface area contributed by atoms with Crippen LogP contribution in [0.5, 0.6) is 0 Å². The van der Waals surface area contributed by atoms with Crippen molar-refractivity contribution >= 4 is 11.6 Å². The van der Waals surface area contributed by atoms with Crippen molar-refractivity contribution in [3.05, 3.63) is 70.5 Å². The lowest BCUT2D eigenvalue weighted by Gasteiger charge is -2.12. The lowest BCUT2D eigenvalue weighted by molar-refractivity contribution is 0.609. The van der Waals surface area contributed by atoms with Crippen LogP contribution in [0.3, 0.4) is 0 Å². The van der Waals surface area contributed by atoms with Gasteiger partial charge in [0.15, 0.2) is 0 Å². The first-order chi connectivity index (χ1) is 8.66. The molecule has 0 saturated heterocycles. The summed E-state index contributed by atoms with van der Waals surface area (Å²) >= 11 is 5.64. The van der Waals surface area contributed by atoms with Crippen LogP contribution in [0.4, 0.5) is 4.39 Å². The van der Waals surface area contributed by atoms with Crippen LogP contribution in [0.2, 0.25) is 5.02 Å². The van der Waals surface area contributed by atoms with Crippen LogP contribution in [0.15, 0.2) is 48.5 Å². The Hall–Kier alpha value is -1.38. The Morgan fingerprint density at radius 1 is 1.11 bits per heavy atom. The van der Waals surface area contributed by atoms with E-state index in [1.54, 1.807) is 12.1 Å². The van der Waals surface area contributed by atoms with E-state index < -0.39 is 5.82 Å². The number of rotatable bonds is 4. The van der Waals surface area contributed by atoms with Crippen LogP contribution in [-0.2, 0) is 6.42 Å². The van der Waals surface area contributed by atoms with Gasteiger partial charge in [-0.1, -0.05) is 48.0 Å². The molecule has 0 fully saturated rings. The van der Waals surface area contributed by atoms with E-state index in [0.29, 0.717) is 0 Å². The minimum atomic E-state index is -0.413. The monoisotopic (exact) mass is 263 g/mol. The Labute approximate surface area is 111 Å². The largest absolute Gasteiger partial charge is 0.324 e. The van der Waals surface area contributed by atoms with Crippen LogP contribution >= 0.6 is 11.6 Å². The zero-order chi connectivity index (χ0) is 13.0. The Morgan fingerprint density at radius 2 is 1.83 bits per heavy atom. The van der Waals surface area contributed by atoms with Gasteiger partial charge >= 0.3 is 0 Å². The second kappa shape index (κ2) is 5.98. The minimum Gasteiger partial charge on any atom is -0.324 e. The molecule has 2 aromatic carbocycles. The van der Waals surface area contributed by atoms with Gasteiger partial charge in [-0.3, -0.25) is 0 Å². The predicted molar refractivity (Wildman–Crippen MR) is 73.1 cm³/mol. The van der Waals surface area contributed by atoms with Crippen LogP contribution in [-0.4, -0.2) is 0 Å². The van der Waals surface area contributed by atoms with E-state index in [9.17, 15) is 4.39 Å². The quantitative estimate of drug-likeness (QED) is 0.883. The predicted octanol–water partition coefficient (Wildman–Crippen LogP) is 4.11. The number of nitrogens with two attached hydrogens (primary N) is 1. The first kappa shape index (κ1) is 13.1. The molecular weight excluding hydrogens is 249 g/mol. The summed E-state index contributed by atoms with van der Waals surface area (Å²) in [6.45, 7) is 0. The Balaban J connectivity index is 1.99. The smallest absolute Gasteiger partial charge is 0.142 e. The third-order valence-corrected chi connectivity index (χ3v) is 3.27. The van der Waals surface area contributed by atoms with Crippen molar-refractivity contribution < 1.29 is 4.39 Å². The number of benzene rings is 2. The van der Waals surface area contributed by atoms with Gasteiger partial charge in [-0.05, 0) is 36.1 Å². The number of halogens is 2. The lowest BCUT2D eigenvalue weighted by atomic mass is 10.00. The number of aryl methyl sites for hydroxylation is 1. The summed E-state index contributed by atoms with van der Waals surface area (Å²) in [5, 5.41) is 0.133. The van der Waals surface area contributed by atoms with Crippen LogP contribution in [0.1, 0.15) is 23.6 Å². The molecule has 18 heavy (non-hydrogen) atoms. The summed E-state index contributed by atoms with van der Waals surface area (Å²) in [6.07, 6.45) is 1.66. The second-order valence-corrected chi connectivity index (χ2v) is 4.71. The normalized spacial score (nSPS) is 12.4. The zero-order valence-electron chi connectivity index (χ0n) is 9.94. The summed E-state index contributed by atoms with van der Waals surface area (Å²) in [7, 11) is 0. The van der Waals surface area contributed by atoms with Crippen molar-refractivity contribution in [1.82, 2.24) is 0 Å². The van der Waals surface area contributed by atoms with Gasteiger partial charge in [-0.15, -0.1) is 0 Å². The highest BCUT2D eigenvalue weighted by atomic mass is 35.5. The molecule has 0 bridgehead atoms.